The molecule has 1 aliphatic heterocycles. The van der Waals surface area contributed by atoms with Gasteiger partial charge in [-0.05, 0) is 50.0 Å². The van der Waals surface area contributed by atoms with Crippen LogP contribution in [0.5, 0.6) is 0 Å². The number of nitrogens with zero attached hydrogens (tertiary/aromatic N) is 1. The lowest BCUT2D eigenvalue weighted by molar-refractivity contribution is 0.186. The highest BCUT2D eigenvalue weighted by Crippen LogP contribution is 2.30. The van der Waals surface area contributed by atoms with Crippen molar-refractivity contribution >= 4 is 11.6 Å². The summed E-state index contributed by atoms with van der Waals surface area (Å²) in [6, 6.07) is 8.73. The molecule has 1 fully saturated rings. The molecule has 1 saturated heterocycles. The van der Waals surface area contributed by atoms with E-state index >= 15 is 0 Å². The zero-order valence-electron chi connectivity index (χ0n) is 11.1. The van der Waals surface area contributed by atoms with Gasteiger partial charge in [-0.2, -0.15) is 0 Å². The van der Waals surface area contributed by atoms with Crippen molar-refractivity contribution in [2.45, 2.75) is 44.7 Å². The average molecular weight is 267 g/mol. The summed E-state index contributed by atoms with van der Waals surface area (Å²) in [6.07, 6.45) is 4.77. The van der Waals surface area contributed by atoms with Crippen LogP contribution in [0.15, 0.2) is 24.3 Å². The summed E-state index contributed by atoms with van der Waals surface area (Å²) >= 11 is 6.12. The number of hydrogen-bond acceptors (Lipinski definition) is 2. The fraction of sp³-hybridized carbons (Fsp3) is 0.600. The molecule has 18 heavy (non-hydrogen) atoms. The molecule has 0 spiro atoms. The monoisotopic (exact) mass is 266 g/mol. The molecule has 1 heterocycles. The third kappa shape index (κ3) is 3.25. The van der Waals surface area contributed by atoms with Gasteiger partial charge in [0.2, 0.25) is 0 Å². The van der Waals surface area contributed by atoms with E-state index in [0.29, 0.717) is 6.04 Å². The van der Waals surface area contributed by atoms with Crippen LogP contribution in [-0.4, -0.2) is 24.0 Å². The van der Waals surface area contributed by atoms with Crippen LogP contribution in [0.25, 0.3) is 0 Å². The van der Waals surface area contributed by atoms with E-state index in [-0.39, 0.29) is 6.04 Å². The maximum absolute atomic E-state index is 6.40. The van der Waals surface area contributed by atoms with E-state index in [4.69, 9.17) is 17.3 Å². The molecule has 0 bridgehead atoms. The number of hydrogen-bond donors (Lipinski definition) is 1. The van der Waals surface area contributed by atoms with Gasteiger partial charge in [-0.1, -0.05) is 37.1 Å². The standard InChI is InChI=1S/C15H23ClN2/c1-2-9-18-10-4-3-8-14(17)15(18)12-6-5-7-13(16)11-12/h5-7,11,14-15H,2-4,8-10,17H2,1H3. The lowest BCUT2D eigenvalue weighted by Gasteiger charge is -2.33. The van der Waals surface area contributed by atoms with Crippen molar-refractivity contribution in [1.82, 2.24) is 4.90 Å². The van der Waals surface area contributed by atoms with Crippen LogP contribution < -0.4 is 5.73 Å². The van der Waals surface area contributed by atoms with Crippen LogP contribution in [0, 0.1) is 0 Å². The van der Waals surface area contributed by atoms with Crippen LogP contribution in [-0.2, 0) is 0 Å². The molecule has 2 N–H and O–H groups in total. The smallest absolute Gasteiger partial charge is 0.0499 e. The highest BCUT2D eigenvalue weighted by molar-refractivity contribution is 6.30. The second kappa shape index (κ2) is 6.55. The molecule has 2 atom stereocenters. The zero-order valence-corrected chi connectivity index (χ0v) is 11.9. The van der Waals surface area contributed by atoms with Crippen LogP contribution in [0.4, 0.5) is 0 Å². The van der Waals surface area contributed by atoms with E-state index in [9.17, 15) is 0 Å². The van der Waals surface area contributed by atoms with E-state index in [1.807, 2.05) is 12.1 Å². The van der Waals surface area contributed by atoms with Crippen molar-refractivity contribution in [2.24, 2.45) is 5.73 Å². The quantitative estimate of drug-likeness (QED) is 0.906. The fourth-order valence-electron chi connectivity index (χ4n) is 2.95. The number of halogens is 1. The fourth-order valence-corrected chi connectivity index (χ4v) is 3.15. The summed E-state index contributed by atoms with van der Waals surface area (Å²) in [5.41, 5.74) is 7.67. The summed E-state index contributed by atoms with van der Waals surface area (Å²) in [4.78, 5) is 2.53. The van der Waals surface area contributed by atoms with Crippen molar-refractivity contribution < 1.29 is 0 Å². The molecule has 2 nitrogen and oxygen atoms in total. The molecule has 0 saturated carbocycles. The molecule has 1 aliphatic rings. The Balaban J connectivity index is 2.28. The molecule has 2 unspecified atom stereocenters. The third-order valence-electron chi connectivity index (χ3n) is 3.73. The normalized spacial score (nSPS) is 25.9. The van der Waals surface area contributed by atoms with Crippen molar-refractivity contribution in [3.63, 3.8) is 0 Å². The predicted octanol–water partition coefficient (Wildman–Crippen LogP) is 3.60. The molecule has 0 amide bonds. The van der Waals surface area contributed by atoms with Gasteiger partial charge in [-0.25, -0.2) is 0 Å². The molecule has 0 aliphatic carbocycles. The summed E-state index contributed by atoms with van der Waals surface area (Å²) < 4.78 is 0. The first-order valence-electron chi connectivity index (χ1n) is 6.97. The van der Waals surface area contributed by atoms with Crippen molar-refractivity contribution in [3.8, 4) is 0 Å². The van der Waals surface area contributed by atoms with Gasteiger partial charge in [0.25, 0.3) is 0 Å². The summed E-state index contributed by atoms with van der Waals surface area (Å²) in [5.74, 6) is 0. The Hall–Kier alpha value is -0.570. The second-order valence-electron chi connectivity index (χ2n) is 5.20. The second-order valence-corrected chi connectivity index (χ2v) is 5.63. The Kier molecular flexibility index (Phi) is 5.04. The first kappa shape index (κ1) is 13.9. The number of likely N-dealkylation sites (tertiary alicyclic amines) is 1. The Labute approximate surface area is 115 Å². The average Bonchev–Trinajstić information content (AvgIpc) is 2.52. The lowest BCUT2D eigenvalue weighted by Crippen LogP contribution is -2.40. The minimum atomic E-state index is 0.220. The van der Waals surface area contributed by atoms with Crippen LogP contribution >= 0.6 is 11.6 Å². The van der Waals surface area contributed by atoms with Gasteiger partial charge in [-0.3, -0.25) is 4.90 Å². The highest BCUT2D eigenvalue weighted by Gasteiger charge is 2.28. The Morgan fingerprint density at radius 2 is 2.22 bits per heavy atom. The third-order valence-corrected chi connectivity index (χ3v) is 3.97. The SMILES string of the molecule is CCCN1CCCCC(N)C1c1cccc(Cl)c1. The van der Waals surface area contributed by atoms with E-state index in [1.165, 1.54) is 24.8 Å². The van der Waals surface area contributed by atoms with Crippen LogP contribution in [0.3, 0.4) is 0 Å². The van der Waals surface area contributed by atoms with Gasteiger partial charge in [0.15, 0.2) is 0 Å². The molecule has 3 heteroatoms. The molecule has 0 radical (unpaired) electrons. The molecule has 1 aromatic carbocycles. The molecule has 1 aromatic rings. The summed E-state index contributed by atoms with van der Waals surface area (Å²) in [6.45, 7) is 4.50. The molecular weight excluding hydrogens is 244 g/mol. The van der Waals surface area contributed by atoms with E-state index in [2.05, 4.69) is 24.0 Å². The van der Waals surface area contributed by atoms with Crippen LogP contribution in [0.2, 0.25) is 5.02 Å². The minimum Gasteiger partial charge on any atom is -0.326 e. The van der Waals surface area contributed by atoms with Gasteiger partial charge >= 0.3 is 0 Å². The summed E-state index contributed by atoms with van der Waals surface area (Å²) in [7, 11) is 0. The van der Waals surface area contributed by atoms with E-state index < -0.39 is 0 Å². The molecule has 100 valence electrons. The lowest BCUT2D eigenvalue weighted by atomic mass is 9.96. The number of rotatable bonds is 3. The maximum Gasteiger partial charge on any atom is 0.0499 e. The van der Waals surface area contributed by atoms with E-state index in [0.717, 1.165) is 24.5 Å². The Bertz CT molecular complexity index is 381. The Morgan fingerprint density at radius 1 is 1.39 bits per heavy atom. The van der Waals surface area contributed by atoms with Gasteiger partial charge < -0.3 is 5.73 Å². The van der Waals surface area contributed by atoms with E-state index in [1.54, 1.807) is 0 Å². The topological polar surface area (TPSA) is 29.3 Å². The molecular formula is C15H23ClN2. The number of nitrogens with two attached hydrogens (primary N) is 1. The van der Waals surface area contributed by atoms with Gasteiger partial charge in [-0.15, -0.1) is 0 Å². The predicted molar refractivity (Wildman–Crippen MR) is 77.9 cm³/mol. The first-order valence-corrected chi connectivity index (χ1v) is 7.35. The summed E-state index contributed by atoms with van der Waals surface area (Å²) in [5, 5.41) is 0.806. The molecule has 0 aromatic heterocycles. The minimum absolute atomic E-state index is 0.220. The van der Waals surface area contributed by atoms with Gasteiger partial charge in [0, 0.05) is 17.1 Å². The van der Waals surface area contributed by atoms with Crippen molar-refractivity contribution in [3.05, 3.63) is 34.9 Å². The van der Waals surface area contributed by atoms with Gasteiger partial charge in [0.05, 0.1) is 0 Å². The van der Waals surface area contributed by atoms with Crippen molar-refractivity contribution in [2.75, 3.05) is 13.1 Å². The molecule has 2 rings (SSSR count). The Morgan fingerprint density at radius 3 is 2.94 bits per heavy atom. The number of benzene rings is 1. The maximum atomic E-state index is 6.40. The zero-order chi connectivity index (χ0) is 13.0. The largest absolute Gasteiger partial charge is 0.326 e. The highest BCUT2D eigenvalue weighted by atomic mass is 35.5. The van der Waals surface area contributed by atoms with Gasteiger partial charge in [0.1, 0.15) is 0 Å². The van der Waals surface area contributed by atoms with Crippen LogP contribution in [0.1, 0.15) is 44.2 Å². The van der Waals surface area contributed by atoms with Crippen molar-refractivity contribution in [1.29, 1.82) is 0 Å². The first-order chi connectivity index (χ1) is 8.72.